The van der Waals surface area contributed by atoms with Gasteiger partial charge in [0.2, 0.25) is 0 Å². The summed E-state index contributed by atoms with van der Waals surface area (Å²) in [6.07, 6.45) is 1.66. The van der Waals surface area contributed by atoms with E-state index in [0.29, 0.717) is 0 Å². The molecular weight excluding hydrogens is 212 g/mol. The molecule has 0 unspecified atom stereocenters. The molecule has 1 aliphatic rings. The number of anilines is 1. The fraction of sp³-hybridized carbons (Fsp3) is 0.571. The van der Waals surface area contributed by atoms with Gasteiger partial charge in [-0.3, -0.25) is 0 Å². The molecule has 1 saturated heterocycles. The van der Waals surface area contributed by atoms with Crippen molar-refractivity contribution < 1.29 is 5.11 Å². The van der Waals surface area contributed by atoms with Gasteiger partial charge in [-0.2, -0.15) is 0 Å². The molecule has 0 bridgehead atoms. The standard InChI is InChI=1S/C14H22N2O/c1-11-3-4-14(12(9-11)10-15-2)16-7-5-13(17)6-8-16/h3-4,9,13,15,17H,5-8,10H2,1-2H3. The molecule has 0 saturated carbocycles. The highest BCUT2D eigenvalue weighted by Gasteiger charge is 2.18. The quantitative estimate of drug-likeness (QED) is 0.835. The summed E-state index contributed by atoms with van der Waals surface area (Å²) in [6, 6.07) is 6.62. The molecule has 0 spiro atoms. The average Bonchev–Trinajstić information content (AvgIpc) is 2.31. The van der Waals surface area contributed by atoms with Crippen molar-refractivity contribution in [2.45, 2.75) is 32.4 Å². The Morgan fingerprint density at radius 2 is 2.06 bits per heavy atom. The molecule has 0 aliphatic carbocycles. The molecule has 0 radical (unpaired) electrons. The zero-order valence-corrected chi connectivity index (χ0v) is 10.7. The van der Waals surface area contributed by atoms with Crippen LogP contribution in [0.25, 0.3) is 0 Å². The molecule has 3 heteroatoms. The molecule has 1 heterocycles. The summed E-state index contributed by atoms with van der Waals surface area (Å²) < 4.78 is 0. The van der Waals surface area contributed by atoms with Crippen LogP contribution in [0.15, 0.2) is 18.2 Å². The van der Waals surface area contributed by atoms with Gasteiger partial charge in [0.05, 0.1) is 6.10 Å². The molecule has 0 aromatic heterocycles. The maximum Gasteiger partial charge on any atom is 0.0574 e. The maximum atomic E-state index is 9.55. The van der Waals surface area contributed by atoms with Crippen LogP contribution in [0.2, 0.25) is 0 Å². The van der Waals surface area contributed by atoms with Crippen LogP contribution in [-0.2, 0) is 6.54 Å². The molecule has 1 aromatic carbocycles. The van der Waals surface area contributed by atoms with E-state index in [0.717, 1.165) is 32.5 Å². The molecule has 2 N–H and O–H groups in total. The number of hydrogen-bond donors (Lipinski definition) is 2. The van der Waals surface area contributed by atoms with Crippen LogP contribution >= 0.6 is 0 Å². The molecule has 1 aromatic rings. The first kappa shape index (κ1) is 12.4. The van der Waals surface area contributed by atoms with E-state index in [4.69, 9.17) is 0 Å². The normalized spacial score (nSPS) is 17.5. The Morgan fingerprint density at radius 1 is 1.35 bits per heavy atom. The molecule has 17 heavy (non-hydrogen) atoms. The fourth-order valence-electron chi connectivity index (χ4n) is 2.46. The first-order valence-corrected chi connectivity index (χ1v) is 6.38. The second-order valence-electron chi connectivity index (χ2n) is 4.88. The highest BCUT2D eigenvalue weighted by molar-refractivity contribution is 5.55. The number of aliphatic hydroxyl groups is 1. The summed E-state index contributed by atoms with van der Waals surface area (Å²) in [7, 11) is 1.98. The van der Waals surface area contributed by atoms with Crippen LogP contribution in [0, 0.1) is 6.92 Å². The summed E-state index contributed by atoms with van der Waals surface area (Å²) in [4.78, 5) is 2.39. The minimum Gasteiger partial charge on any atom is -0.393 e. The molecular formula is C14H22N2O. The van der Waals surface area contributed by atoms with E-state index in [2.05, 4.69) is 35.3 Å². The summed E-state index contributed by atoms with van der Waals surface area (Å²) in [5.74, 6) is 0. The number of piperidine rings is 1. The van der Waals surface area contributed by atoms with Gasteiger partial charge < -0.3 is 15.3 Å². The predicted molar refractivity (Wildman–Crippen MR) is 71.4 cm³/mol. The van der Waals surface area contributed by atoms with Gasteiger partial charge in [0.1, 0.15) is 0 Å². The lowest BCUT2D eigenvalue weighted by Gasteiger charge is -2.33. The van der Waals surface area contributed by atoms with Crippen LogP contribution in [0.1, 0.15) is 24.0 Å². The van der Waals surface area contributed by atoms with Crippen molar-refractivity contribution in [1.29, 1.82) is 0 Å². The third kappa shape index (κ3) is 2.99. The summed E-state index contributed by atoms with van der Waals surface area (Å²) in [5, 5.41) is 12.8. The molecule has 2 rings (SSSR count). The van der Waals surface area contributed by atoms with Gasteiger partial charge in [-0.25, -0.2) is 0 Å². The fourth-order valence-corrected chi connectivity index (χ4v) is 2.46. The van der Waals surface area contributed by atoms with E-state index in [1.807, 2.05) is 7.05 Å². The van der Waals surface area contributed by atoms with Gasteiger partial charge in [-0.15, -0.1) is 0 Å². The van der Waals surface area contributed by atoms with Crippen LogP contribution in [-0.4, -0.2) is 31.3 Å². The molecule has 0 amide bonds. The van der Waals surface area contributed by atoms with Crippen LogP contribution in [0.5, 0.6) is 0 Å². The Balaban J connectivity index is 2.18. The number of aryl methyl sites for hydroxylation is 1. The second kappa shape index (κ2) is 5.52. The Hall–Kier alpha value is -1.06. The van der Waals surface area contributed by atoms with Gasteiger partial charge in [-0.1, -0.05) is 17.7 Å². The number of nitrogens with zero attached hydrogens (tertiary/aromatic N) is 1. The van der Waals surface area contributed by atoms with E-state index in [1.54, 1.807) is 0 Å². The van der Waals surface area contributed by atoms with Crippen molar-refractivity contribution in [2.75, 3.05) is 25.0 Å². The minimum absolute atomic E-state index is 0.107. The maximum absolute atomic E-state index is 9.55. The van der Waals surface area contributed by atoms with Gasteiger partial charge in [-0.05, 0) is 38.4 Å². The topological polar surface area (TPSA) is 35.5 Å². The lowest BCUT2D eigenvalue weighted by atomic mass is 10.0. The lowest BCUT2D eigenvalue weighted by Crippen LogP contribution is -2.36. The van der Waals surface area contributed by atoms with Crippen LogP contribution in [0.3, 0.4) is 0 Å². The zero-order valence-electron chi connectivity index (χ0n) is 10.7. The highest BCUT2D eigenvalue weighted by atomic mass is 16.3. The van der Waals surface area contributed by atoms with Gasteiger partial charge >= 0.3 is 0 Å². The molecule has 1 aliphatic heterocycles. The molecule has 1 fully saturated rings. The first-order chi connectivity index (χ1) is 8.20. The molecule has 94 valence electrons. The number of rotatable bonds is 3. The van der Waals surface area contributed by atoms with Crippen molar-refractivity contribution in [3.05, 3.63) is 29.3 Å². The number of aliphatic hydroxyl groups excluding tert-OH is 1. The SMILES string of the molecule is CNCc1cc(C)ccc1N1CCC(O)CC1. The highest BCUT2D eigenvalue weighted by Crippen LogP contribution is 2.25. The van der Waals surface area contributed by atoms with E-state index in [9.17, 15) is 5.11 Å². The molecule has 3 nitrogen and oxygen atoms in total. The first-order valence-electron chi connectivity index (χ1n) is 6.38. The number of nitrogens with one attached hydrogen (secondary N) is 1. The van der Waals surface area contributed by atoms with Crippen molar-refractivity contribution >= 4 is 5.69 Å². The Labute approximate surface area is 103 Å². The summed E-state index contributed by atoms with van der Waals surface area (Å²) in [6.45, 7) is 4.95. The average molecular weight is 234 g/mol. The van der Waals surface area contributed by atoms with Gasteiger partial charge in [0.15, 0.2) is 0 Å². The smallest absolute Gasteiger partial charge is 0.0574 e. The Bertz CT molecular complexity index is 370. The largest absolute Gasteiger partial charge is 0.393 e. The van der Waals surface area contributed by atoms with Crippen molar-refractivity contribution in [1.82, 2.24) is 5.32 Å². The second-order valence-corrected chi connectivity index (χ2v) is 4.88. The van der Waals surface area contributed by atoms with Gasteiger partial charge in [0.25, 0.3) is 0 Å². The van der Waals surface area contributed by atoms with Gasteiger partial charge in [0, 0.05) is 25.3 Å². The molecule has 0 atom stereocenters. The third-order valence-corrected chi connectivity index (χ3v) is 3.41. The van der Waals surface area contributed by atoms with E-state index < -0.39 is 0 Å². The minimum atomic E-state index is -0.107. The van der Waals surface area contributed by atoms with Crippen molar-refractivity contribution in [3.63, 3.8) is 0 Å². The van der Waals surface area contributed by atoms with Crippen molar-refractivity contribution in [3.8, 4) is 0 Å². The van der Waals surface area contributed by atoms with Crippen molar-refractivity contribution in [2.24, 2.45) is 0 Å². The summed E-state index contributed by atoms with van der Waals surface area (Å²) >= 11 is 0. The van der Waals surface area contributed by atoms with Crippen LogP contribution < -0.4 is 10.2 Å². The number of benzene rings is 1. The third-order valence-electron chi connectivity index (χ3n) is 3.41. The van der Waals surface area contributed by atoms with Crippen LogP contribution in [0.4, 0.5) is 5.69 Å². The summed E-state index contributed by atoms with van der Waals surface area (Å²) in [5.41, 5.74) is 3.97. The lowest BCUT2D eigenvalue weighted by molar-refractivity contribution is 0.145. The van der Waals surface area contributed by atoms with E-state index in [1.165, 1.54) is 16.8 Å². The Morgan fingerprint density at radius 3 is 2.71 bits per heavy atom. The zero-order chi connectivity index (χ0) is 12.3. The Kier molecular flexibility index (Phi) is 4.02. The monoisotopic (exact) mass is 234 g/mol. The van der Waals surface area contributed by atoms with E-state index >= 15 is 0 Å². The predicted octanol–water partition coefficient (Wildman–Crippen LogP) is 1.68. The van der Waals surface area contributed by atoms with E-state index in [-0.39, 0.29) is 6.10 Å². The number of hydrogen-bond acceptors (Lipinski definition) is 3.